The van der Waals surface area contributed by atoms with E-state index >= 15 is 0 Å². The molecule has 0 aliphatic rings. The molecule has 29 heavy (non-hydrogen) atoms. The number of amides is 2. The van der Waals surface area contributed by atoms with E-state index in [1.54, 1.807) is 11.2 Å². The fourth-order valence-corrected chi connectivity index (χ4v) is 3.44. The molecule has 0 saturated carbocycles. The molecule has 3 rings (SSSR count). The topological polar surface area (TPSA) is 62.6 Å². The van der Waals surface area contributed by atoms with E-state index in [2.05, 4.69) is 5.32 Å². The van der Waals surface area contributed by atoms with Gasteiger partial charge in [0.05, 0.1) is 19.2 Å². The van der Waals surface area contributed by atoms with E-state index in [0.29, 0.717) is 6.54 Å². The minimum absolute atomic E-state index is 0.0366. The van der Waals surface area contributed by atoms with E-state index in [1.807, 2.05) is 64.1 Å². The lowest BCUT2D eigenvalue weighted by Crippen LogP contribution is -2.39. The number of nitrogens with one attached hydrogen (secondary N) is 1. The highest BCUT2D eigenvalue weighted by Gasteiger charge is 2.20. The van der Waals surface area contributed by atoms with E-state index in [-0.39, 0.29) is 24.8 Å². The van der Waals surface area contributed by atoms with Gasteiger partial charge in [0.2, 0.25) is 11.8 Å². The molecule has 0 unspecified atom stereocenters. The van der Waals surface area contributed by atoms with Crippen molar-refractivity contribution in [3.8, 4) is 0 Å². The molecule has 0 fully saturated rings. The SMILES string of the molecule is CCCN(CC(=O)Nc1ccccc1C)C(=O)Cc1coc2c(C)c(C)ccc12. The number of furan rings is 1. The van der Waals surface area contributed by atoms with Gasteiger partial charge in [-0.25, -0.2) is 0 Å². The van der Waals surface area contributed by atoms with E-state index in [9.17, 15) is 9.59 Å². The Labute approximate surface area is 171 Å². The number of nitrogens with zero attached hydrogens (tertiary/aromatic N) is 1. The van der Waals surface area contributed by atoms with Crippen LogP contribution in [0.4, 0.5) is 5.69 Å². The van der Waals surface area contributed by atoms with E-state index < -0.39 is 0 Å². The van der Waals surface area contributed by atoms with Crippen molar-refractivity contribution in [3.05, 3.63) is 64.9 Å². The summed E-state index contributed by atoms with van der Waals surface area (Å²) in [5.74, 6) is -0.266. The van der Waals surface area contributed by atoms with E-state index in [0.717, 1.165) is 45.3 Å². The van der Waals surface area contributed by atoms with Crippen LogP contribution in [0.25, 0.3) is 11.0 Å². The van der Waals surface area contributed by atoms with Crippen LogP contribution in [-0.2, 0) is 16.0 Å². The second-order valence-electron chi connectivity index (χ2n) is 7.50. The Morgan fingerprint density at radius 2 is 1.79 bits per heavy atom. The number of hydrogen-bond donors (Lipinski definition) is 1. The van der Waals surface area contributed by atoms with Crippen LogP contribution in [0.1, 0.15) is 35.6 Å². The zero-order valence-corrected chi connectivity index (χ0v) is 17.5. The summed E-state index contributed by atoms with van der Waals surface area (Å²) in [5.41, 5.74) is 5.69. The molecule has 5 heteroatoms. The summed E-state index contributed by atoms with van der Waals surface area (Å²) >= 11 is 0. The van der Waals surface area contributed by atoms with Crippen molar-refractivity contribution in [2.75, 3.05) is 18.4 Å². The summed E-state index contributed by atoms with van der Waals surface area (Å²) in [6.45, 7) is 8.57. The van der Waals surface area contributed by atoms with Crippen LogP contribution in [0, 0.1) is 20.8 Å². The Kier molecular flexibility index (Phi) is 6.37. The molecule has 2 amide bonds. The number of hydrogen-bond acceptors (Lipinski definition) is 3. The Balaban J connectivity index is 1.72. The lowest BCUT2D eigenvalue weighted by atomic mass is 10.0. The Morgan fingerprint density at radius 3 is 2.52 bits per heavy atom. The van der Waals surface area contributed by atoms with Crippen molar-refractivity contribution in [2.45, 2.75) is 40.5 Å². The molecular weight excluding hydrogens is 364 g/mol. The minimum Gasteiger partial charge on any atom is -0.464 e. The summed E-state index contributed by atoms with van der Waals surface area (Å²) in [6, 6.07) is 11.7. The third-order valence-corrected chi connectivity index (χ3v) is 5.28. The average Bonchev–Trinajstić information content (AvgIpc) is 3.09. The van der Waals surface area contributed by atoms with Crippen molar-refractivity contribution in [2.24, 2.45) is 0 Å². The highest BCUT2D eigenvalue weighted by Crippen LogP contribution is 2.27. The van der Waals surface area contributed by atoms with E-state index in [1.165, 1.54) is 0 Å². The molecule has 0 atom stereocenters. The maximum absolute atomic E-state index is 13.0. The maximum Gasteiger partial charge on any atom is 0.244 e. The highest BCUT2D eigenvalue weighted by atomic mass is 16.3. The van der Waals surface area contributed by atoms with Crippen LogP contribution in [-0.4, -0.2) is 29.8 Å². The first-order valence-corrected chi connectivity index (χ1v) is 10.00. The molecule has 3 aromatic rings. The van der Waals surface area contributed by atoms with Crippen molar-refractivity contribution in [3.63, 3.8) is 0 Å². The molecule has 1 heterocycles. The molecule has 1 N–H and O–H groups in total. The van der Waals surface area contributed by atoms with Gasteiger partial charge in [-0.15, -0.1) is 0 Å². The maximum atomic E-state index is 13.0. The normalized spacial score (nSPS) is 10.9. The van der Waals surface area contributed by atoms with Crippen LogP contribution in [0.15, 0.2) is 47.1 Å². The number of aryl methyl sites for hydroxylation is 3. The van der Waals surface area contributed by atoms with Crippen LogP contribution in [0.3, 0.4) is 0 Å². The van der Waals surface area contributed by atoms with Gasteiger partial charge in [-0.3, -0.25) is 9.59 Å². The first-order chi connectivity index (χ1) is 13.9. The largest absolute Gasteiger partial charge is 0.464 e. The summed E-state index contributed by atoms with van der Waals surface area (Å²) in [6.07, 6.45) is 2.66. The second kappa shape index (κ2) is 8.95. The summed E-state index contributed by atoms with van der Waals surface area (Å²) in [5, 5.41) is 3.87. The zero-order valence-electron chi connectivity index (χ0n) is 17.5. The third kappa shape index (κ3) is 4.67. The first kappa shape index (κ1) is 20.6. The van der Waals surface area contributed by atoms with Crippen LogP contribution >= 0.6 is 0 Å². The third-order valence-electron chi connectivity index (χ3n) is 5.28. The molecule has 0 aliphatic heterocycles. The smallest absolute Gasteiger partial charge is 0.244 e. The molecule has 1 aromatic heterocycles. The molecule has 2 aromatic carbocycles. The lowest BCUT2D eigenvalue weighted by molar-refractivity contribution is -0.134. The number of carbonyl (C=O) groups is 2. The number of anilines is 1. The van der Waals surface area contributed by atoms with Gasteiger partial charge in [-0.2, -0.15) is 0 Å². The molecule has 0 spiro atoms. The van der Waals surface area contributed by atoms with Gasteiger partial charge < -0.3 is 14.6 Å². The molecular formula is C24H28N2O3. The average molecular weight is 392 g/mol. The molecule has 5 nitrogen and oxygen atoms in total. The summed E-state index contributed by atoms with van der Waals surface area (Å²) in [4.78, 5) is 27.1. The van der Waals surface area contributed by atoms with Gasteiger partial charge in [-0.05, 0) is 49.9 Å². The Hall–Kier alpha value is -3.08. The molecule has 0 saturated heterocycles. The predicted octanol–water partition coefficient (Wildman–Crippen LogP) is 4.78. The molecule has 0 bridgehead atoms. The predicted molar refractivity (Wildman–Crippen MR) is 116 cm³/mol. The summed E-state index contributed by atoms with van der Waals surface area (Å²) < 4.78 is 5.72. The van der Waals surface area contributed by atoms with Crippen molar-refractivity contribution >= 4 is 28.5 Å². The van der Waals surface area contributed by atoms with Crippen LogP contribution in [0.2, 0.25) is 0 Å². The Morgan fingerprint density at radius 1 is 1.03 bits per heavy atom. The quantitative estimate of drug-likeness (QED) is 0.629. The fraction of sp³-hybridized carbons (Fsp3) is 0.333. The zero-order chi connectivity index (χ0) is 21.0. The fourth-order valence-electron chi connectivity index (χ4n) is 3.44. The number of rotatable bonds is 7. The lowest BCUT2D eigenvalue weighted by Gasteiger charge is -2.22. The van der Waals surface area contributed by atoms with Crippen LogP contribution in [0.5, 0.6) is 0 Å². The van der Waals surface area contributed by atoms with E-state index in [4.69, 9.17) is 4.42 Å². The second-order valence-corrected chi connectivity index (χ2v) is 7.50. The van der Waals surface area contributed by atoms with Gasteiger partial charge in [0.1, 0.15) is 5.58 Å². The number of para-hydroxylation sites is 1. The van der Waals surface area contributed by atoms with Gasteiger partial charge >= 0.3 is 0 Å². The van der Waals surface area contributed by atoms with Gasteiger partial charge in [0, 0.05) is 23.2 Å². The van der Waals surface area contributed by atoms with Crippen LogP contribution < -0.4 is 5.32 Å². The molecule has 152 valence electrons. The van der Waals surface area contributed by atoms with Crippen molar-refractivity contribution in [1.82, 2.24) is 4.90 Å². The van der Waals surface area contributed by atoms with Gasteiger partial charge in [0.15, 0.2) is 0 Å². The summed E-state index contributed by atoms with van der Waals surface area (Å²) in [7, 11) is 0. The van der Waals surface area contributed by atoms with Crippen molar-refractivity contribution < 1.29 is 14.0 Å². The minimum atomic E-state index is -0.190. The van der Waals surface area contributed by atoms with Gasteiger partial charge in [-0.1, -0.05) is 37.3 Å². The number of benzene rings is 2. The number of carbonyl (C=O) groups excluding carboxylic acids is 2. The van der Waals surface area contributed by atoms with Crippen molar-refractivity contribution in [1.29, 1.82) is 0 Å². The van der Waals surface area contributed by atoms with Gasteiger partial charge in [0.25, 0.3) is 0 Å². The number of fused-ring (bicyclic) bond motifs is 1. The molecule has 0 aliphatic carbocycles. The standard InChI is InChI=1S/C24H28N2O3/c1-5-12-26(14-22(27)25-21-9-7-6-8-17(21)3)23(28)13-19-15-29-24-18(4)16(2)10-11-20(19)24/h6-11,15H,5,12-14H2,1-4H3,(H,25,27). The molecule has 0 radical (unpaired) electrons. The highest BCUT2D eigenvalue weighted by molar-refractivity contribution is 5.96. The monoisotopic (exact) mass is 392 g/mol. The first-order valence-electron chi connectivity index (χ1n) is 10.00. The Bertz CT molecular complexity index is 1040.